The molecule has 1 atom stereocenters. The molecule has 0 unspecified atom stereocenters. The SMILES string of the molecule is CNC(=O)NC(=O)COC(=O)c1c2c(nc3ccccc13)CC[C@H](C)C2. The third-order valence-electron chi connectivity index (χ3n) is 4.52. The van der Waals surface area contributed by atoms with Crippen LogP contribution < -0.4 is 10.6 Å². The fourth-order valence-electron chi connectivity index (χ4n) is 3.22. The lowest BCUT2D eigenvalue weighted by molar-refractivity contribution is -0.123. The number of ether oxygens (including phenoxy) is 1. The van der Waals surface area contributed by atoms with Crippen LogP contribution >= 0.6 is 0 Å². The summed E-state index contributed by atoms with van der Waals surface area (Å²) in [6.45, 7) is 1.62. The summed E-state index contributed by atoms with van der Waals surface area (Å²) in [6.07, 6.45) is 2.60. The third kappa shape index (κ3) is 3.66. The quantitative estimate of drug-likeness (QED) is 0.821. The molecule has 1 aliphatic carbocycles. The molecule has 1 aliphatic rings. The number of nitrogens with zero attached hydrogens (tertiary/aromatic N) is 1. The molecule has 0 saturated heterocycles. The average Bonchev–Trinajstić information content (AvgIpc) is 2.64. The van der Waals surface area contributed by atoms with Crippen molar-refractivity contribution in [1.82, 2.24) is 15.6 Å². The second-order valence-electron chi connectivity index (χ2n) is 6.48. The Balaban J connectivity index is 1.90. The summed E-state index contributed by atoms with van der Waals surface area (Å²) < 4.78 is 5.19. The van der Waals surface area contributed by atoms with Crippen LogP contribution in [0.1, 0.15) is 35.0 Å². The van der Waals surface area contributed by atoms with E-state index in [1.54, 1.807) is 0 Å². The normalized spacial score (nSPS) is 15.8. The number of aromatic nitrogens is 1. The van der Waals surface area contributed by atoms with E-state index in [1.807, 2.05) is 24.3 Å². The molecule has 1 heterocycles. The lowest BCUT2D eigenvalue weighted by Gasteiger charge is -2.24. The number of imide groups is 1. The minimum absolute atomic E-state index is 0.452. The molecule has 0 spiro atoms. The summed E-state index contributed by atoms with van der Waals surface area (Å²) in [7, 11) is 1.39. The van der Waals surface area contributed by atoms with Gasteiger partial charge in [-0.15, -0.1) is 0 Å². The van der Waals surface area contributed by atoms with Gasteiger partial charge in [0.1, 0.15) is 0 Å². The van der Waals surface area contributed by atoms with Crippen molar-refractivity contribution in [3.05, 3.63) is 41.1 Å². The summed E-state index contributed by atoms with van der Waals surface area (Å²) in [6, 6.07) is 6.77. The van der Waals surface area contributed by atoms with Crippen LogP contribution in [0, 0.1) is 5.92 Å². The summed E-state index contributed by atoms with van der Waals surface area (Å²) >= 11 is 0. The molecular formula is C19H21N3O4. The van der Waals surface area contributed by atoms with Crippen molar-refractivity contribution in [2.45, 2.75) is 26.2 Å². The maximum atomic E-state index is 12.8. The Morgan fingerprint density at radius 2 is 2.04 bits per heavy atom. The van der Waals surface area contributed by atoms with Gasteiger partial charge in [-0.2, -0.15) is 0 Å². The van der Waals surface area contributed by atoms with Crippen molar-refractivity contribution in [2.75, 3.05) is 13.7 Å². The van der Waals surface area contributed by atoms with Crippen molar-refractivity contribution < 1.29 is 19.1 Å². The lowest BCUT2D eigenvalue weighted by atomic mass is 9.84. The molecule has 2 aromatic rings. The molecule has 3 rings (SSSR count). The van der Waals surface area contributed by atoms with Gasteiger partial charge in [-0.1, -0.05) is 25.1 Å². The van der Waals surface area contributed by atoms with Crippen LogP contribution in [0.25, 0.3) is 10.9 Å². The minimum atomic E-state index is -0.682. The predicted molar refractivity (Wildman–Crippen MR) is 95.8 cm³/mol. The van der Waals surface area contributed by atoms with E-state index < -0.39 is 24.5 Å². The number of aryl methyl sites for hydroxylation is 1. The van der Waals surface area contributed by atoms with E-state index in [0.29, 0.717) is 11.5 Å². The molecule has 0 bridgehead atoms. The maximum Gasteiger partial charge on any atom is 0.339 e. The Hall–Kier alpha value is -2.96. The molecule has 26 heavy (non-hydrogen) atoms. The van der Waals surface area contributed by atoms with E-state index in [9.17, 15) is 14.4 Å². The molecule has 7 heteroatoms. The van der Waals surface area contributed by atoms with E-state index in [4.69, 9.17) is 9.72 Å². The zero-order valence-corrected chi connectivity index (χ0v) is 14.8. The summed E-state index contributed by atoms with van der Waals surface area (Å²) in [5.41, 5.74) is 3.04. The molecule has 0 radical (unpaired) electrons. The lowest BCUT2D eigenvalue weighted by Crippen LogP contribution is -2.39. The van der Waals surface area contributed by atoms with Crippen molar-refractivity contribution in [3.8, 4) is 0 Å². The van der Waals surface area contributed by atoms with Gasteiger partial charge >= 0.3 is 12.0 Å². The van der Waals surface area contributed by atoms with Gasteiger partial charge in [0.2, 0.25) is 0 Å². The Kier molecular flexibility index (Phi) is 5.16. The number of carbonyl (C=O) groups excluding carboxylic acids is 3. The fourth-order valence-corrected chi connectivity index (χ4v) is 3.22. The monoisotopic (exact) mass is 355 g/mol. The second kappa shape index (κ2) is 7.51. The predicted octanol–water partition coefficient (Wildman–Crippen LogP) is 1.97. The van der Waals surface area contributed by atoms with E-state index >= 15 is 0 Å². The highest BCUT2D eigenvalue weighted by Crippen LogP contribution is 2.31. The second-order valence-corrected chi connectivity index (χ2v) is 6.48. The smallest absolute Gasteiger partial charge is 0.339 e. The molecule has 0 saturated carbocycles. The topological polar surface area (TPSA) is 97.4 Å². The number of amides is 3. The van der Waals surface area contributed by atoms with Crippen LogP contribution in [0.15, 0.2) is 24.3 Å². The number of benzene rings is 1. The standard InChI is InChI=1S/C19H21N3O4/c1-11-7-8-15-13(9-11)17(12-5-3-4-6-14(12)21-15)18(24)26-10-16(23)22-19(25)20-2/h3-6,11H,7-10H2,1-2H3,(H2,20,22,23,25)/t11-/m0/s1. The highest BCUT2D eigenvalue weighted by Gasteiger charge is 2.26. The number of hydrogen-bond acceptors (Lipinski definition) is 5. The Morgan fingerprint density at radius 1 is 1.27 bits per heavy atom. The largest absolute Gasteiger partial charge is 0.452 e. The first kappa shape index (κ1) is 17.8. The van der Waals surface area contributed by atoms with E-state index in [-0.39, 0.29) is 0 Å². The van der Waals surface area contributed by atoms with Gasteiger partial charge in [0.05, 0.1) is 11.1 Å². The first-order valence-corrected chi connectivity index (χ1v) is 8.58. The van der Waals surface area contributed by atoms with Gasteiger partial charge in [-0.3, -0.25) is 15.1 Å². The molecule has 7 nitrogen and oxygen atoms in total. The third-order valence-corrected chi connectivity index (χ3v) is 4.52. The average molecular weight is 355 g/mol. The molecule has 1 aromatic carbocycles. The van der Waals surface area contributed by atoms with Crippen LogP contribution in [0.2, 0.25) is 0 Å². The number of esters is 1. The number of carbonyl (C=O) groups is 3. The van der Waals surface area contributed by atoms with Crippen molar-refractivity contribution in [1.29, 1.82) is 0 Å². The van der Waals surface area contributed by atoms with E-state index in [2.05, 4.69) is 17.6 Å². The van der Waals surface area contributed by atoms with Gasteiger partial charge < -0.3 is 10.1 Å². The summed E-state index contributed by atoms with van der Waals surface area (Å²) in [5, 5.41) is 5.05. The number of nitrogens with one attached hydrogen (secondary N) is 2. The Bertz CT molecular complexity index is 878. The van der Waals surface area contributed by atoms with Crippen LogP contribution in [0.5, 0.6) is 0 Å². The zero-order chi connectivity index (χ0) is 18.7. The van der Waals surface area contributed by atoms with Gasteiger partial charge in [0.15, 0.2) is 6.61 Å². The molecule has 136 valence electrons. The van der Waals surface area contributed by atoms with Gasteiger partial charge in [0.25, 0.3) is 5.91 Å². The van der Waals surface area contributed by atoms with Crippen LogP contribution in [0.3, 0.4) is 0 Å². The molecule has 0 aliphatic heterocycles. The number of fused-ring (bicyclic) bond motifs is 2. The van der Waals surface area contributed by atoms with Gasteiger partial charge in [0, 0.05) is 18.1 Å². The Morgan fingerprint density at radius 3 is 2.81 bits per heavy atom. The molecule has 0 fully saturated rings. The first-order valence-electron chi connectivity index (χ1n) is 8.58. The number of hydrogen-bond donors (Lipinski definition) is 2. The number of urea groups is 1. The number of rotatable bonds is 3. The zero-order valence-electron chi connectivity index (χ0n) is 14.8. The minimum Gasteiger partial charge on any atom is -0.452 e. The van der Waals surface area contributed by atoms with Gasteiger partial charge in [-0.25, -0.2) is 9.59 Å². The summed E-state index contributed by atoms with van der Waals surface area (Å²) in [4.78, 5) is 40.3. The number of para-hydroxylation sites is 1. The van der Waals surface area contributed by atoms with Crippen LogP contribution in [0.4, 0.5) is 4.79 Å². The van der Waals surface area contributed by atoms with Crippen LogP contribution in [-0.4, -0.2) is 36.5 Å². The molecule has 1 aromatic heterocycles. The van der Waals surface area contributed by atoms with Gasteiger partial charge in [-0.05, 0) is 36.8 Å². The van der Waals surface area contributed by atoms with Crippen LogP contribution in [-0.2, 0) is 22.4 Å². The first-order chi connectivity index (χ1) is 12.5. The van der Waals surface area contributed by atoms with Crippen molar-refractivity contribution in [2.24, 2.45) is 5.92 Å². The van der Waals surface area contributed by atoms with E-state index in [0.717, 1.165) is 41.4 Å². The molecular weight excluding hydrogens is 334 g/mol. The number of pyridine rings is 1. The molecule has 3 amide bonds. The van der Waals surface area contributed by atoms with Crippen molar-refractivity contribution in [3.63, 3.8) is 0 Å². The Labute approximate surface area is 151 Å². The molecule has 2 N–H and O–H groups in total. The highest BCUT2D eigenvalue weighted by molar-refractivity contribution is 6.06. The summed E-state index contributed by atoms with van der Waals surface area (Å²) in [5.74, 6) is -0.798. The van der Waals surface area contributed by atoms with E-state index in [1.165, 1.54) is 7.05 Å². The highest BCUT2D eigenvalue weighted by atomic mass is 16.5. The maximum absolute atomic E-state index is 12.8. The van der Waals surface area contributed by atoms with Crippen molar-refractivity contribution >= 4 is 28.8 Å². The fraction of sp³-hybridized carbons (Fsp3) is 0.368.